The van der Waals surface area contributed by atoms with E-state index in [1.165, 1.54) is 0 Å². The monoisotopic (exact) mass is 401 g/mol. The van der Waals surface area contributed by atoms with Crippen molar-refractivity contribution in [1.29, 1.82) is 0 Å². The lowest BCUT2D eigenvalue weighted by molar-refractivity contribution is -0.140. The van der Waals surface area contributed by atoms with Crippen LogP contribution in [-0.4, -0.2) is 36.5 Å². The van der Waals surface area contributed by atoms with E-state index in [0.717, 1.165) is 18.6 Å². The normalized spacial score (nSPS) is 16.5. The molecule has 0 N–H and O–H groups in total. The molecular formula is C22H24ClNO4. The Morgan fingerprint density at radius 1 is 1.07 bits per heavy atom. The number of hydrogen-bond acceptors (Lipinski definition) is 4. The van der Waals surface area contributed by atoms with Crippen molar-refractivity contribution in [3.05, 3.63) is 59.1 Å². The van der Waals surface area contributed by atoms with Gasteiger partial charge in [0.2, 0.25) is 0 Å². The quantitative estimate of drug-likeness (QED) is 0.525. The van der Waals surface area contributed by atoms with Gasteiger partial charge >= 0.3 is 5.97 Å². The first-order chi connectivity index (χ1) is 13.6. The molecular weight excluding hydrogens is 378 g/mol. The maximum Gasteiger partial charge on any atom is 0.316 e. The highest BCUT2D eigenvalue weighted by molar-refractivity contribution is 6.30. The molecule has 5 nitrogen and oxygen atoms in total. The number of nitrogens with zero attached hydrogens (tertiary/aromatic N) is 1. The predicted molar refractivity (Wildman–Crippen MR) is 108 cm³/mol. The Bertz CT molecular complexity index is 804. The number of hydrogen-bond donors (Lipinski definition) is 0. The lowest BCUT2D eigenvalue weighted by atomic mass is 9.97. The van der Waals surface area contributed by atoms with Crippen molar-refractivity contribution in [2.24, 2.45) is 5.92 Å². The van der Waals surface area contributed by atoms with Gasteiger partial charge in [-0.05, 0) is 67.8 Å². The summed E-state index contributed by atoms with van der Waals surface area (Å²) < 4.78 is 11.0. The van der Waals surface area contributed by atoms with Gasteiger partial charge in [0.25, 0.3) is 5.91 Å². The summed E-state index contributed by atoms with van der Waals surface area (Å²) in [6.07, 6.45) is 2.41. The van der Waals surface area contributed by atoms with E-state index >= 15 is 0 Å². The zero-order valence-corrected chi connectivity index (χ0v) is 16.7. The van der Waals surface area contributed by atoms with Crippen LogP contribution >= 0.6 is 11.6 Å². The van der Waals surface area contributed by atoms with Crippen LogP contribution in [0.2, 0.25) is 5.02 Å². The van der Waals surface area contributed by atoms with E-state index in [1.54, 1.807) is 53.4 Å². The van der Waals surface area contributed by atoms with Gasteiger partial charge in [0.15, 0.2) is 0 Å². The number of piperidine rings is 1. The summed E-state index contributed by atoms with van der Waals surface area (Å²) in [6, 6.07) is 13.8. The molecule has 0 spiro atoms. The van der Waals surface area contributed by atoms with E-state index in [4.69, 9.17) is 21.1 Å². The largest absolute Gasteiger partial charge is 0.494 e. The molecule has 0 bridgehead atoms. The van der Waals surface area contributed by atoms with Crippen molar-refractivity contribution in [3.63, 3.8) is 0 Å². The van der Waals surface area contributed by atoms with Crippen LogP contribution in [0.5, 0.6) is 11.5 Å². The number of amides is 1. The highest BCUT2D eigenvalue weighted by Gasteiger charge is 2.30. The number of halogens is 1. The number of rotatable bonds is 6. The van der Waals surface area contributed by atoms with Crippen LogP contribution in [-0.2, 0) is 4.79 Å². The number of esters is 1. The van der Waals surface area contributed by atoms with Gasteiger partial charge in [-0.15, -0.1) is 0 Å². The van der Waals surface area contributed by atoms with E-state index in [-0.39, 0.29) is 17.8 Å². The molecule has 1 atom stereocenters. The van der Waals surface area contributed by atoms with E-state index in [2.05, 4.69) is 0 Å². The third-order valence-electron chi connectivity index (χ3n) is 4.65. The minimum Gasteiger partial charge on any atom is -0.494 e. The molecule has 1 saturated heterocycles. The average Bonchev–Trinajstić information content (AvgIpc) is 2.73. The number of carbonyl (C=O) groups is 2. The average molecular weight is 402 g/mol. The highest BCUT2D eigenvalue weighted by atomic mass is 35.5. The molecule has 2 aromatic carbocycles. The van der Waals surface area contributed by atoms with Gasteiger partial charge in [-0.1, -0.05) is 18.5 Å². The number of benzene rings is 2. The van der Waals surface area contributed by atoms with Gasteiger partial charge in [-0.3, -0.25) is 9.59 Å². The first kappa shape index (κ1) is 20.2. The molecule has 0 saturated carbocycles. The second kappa shape index (κ2) is 9.60. The van der Waals surface area contributed by atoms with Gasteiger partial charge in [0.05, 0.1) is 12.5 Å². The summed E-state index contributed by atoms with van der Waals surface area (Å²) in [6.45, 7) is 3.69. The van der Waals surface area contributed by atoms with Gasteiger partial charge in [0.1, 0.15) is 11.5 Å². The Morgan fingerprint density at radius 2 is 1.75 bits per heavy atom. The van der Waals surface area contributed by atoms with E-state index in [0.29, 0.717) is 42.5 Å². The van der Waals surface area contributed by atoms with Crippen LogP contribution in [0.4, 0.5) is 0 Å². The molecule has 0 aromatic heterocycles. The van der Waals surface area contributed by atoms with Crippen molar-refractivity contribution in [2.75, 3.05) is 19.7 Å². The van der Waals surface area contributed by atoms with Crippen molar-refractivity contribution in [2.45, 2.75) is 26.2 Å². The smallest absolute Gasteiger partial charge is 0.316 e. The summed E-state index contributed by atoms with van der Waals surface area (Å²) in [5, 5.41) is 0.586. The summed E-state index contributed by atoms with van der Waals surface area (Å²) in [5.74, 6) is 0.498. The summed E-state index contributed by atoms with van der Waals surface area (Å²) >= 11 is 5.88. The molecule has 3 rings (SSSR count). The second-order valence-corrected chi connectivity index (χ2v) is 7.27. The predicted octanol–water partition coefficient (Wildman–Crippen LogP) is 4.59. The standard InChI is InChI=1S/C22H24ClNO4/c1-2-14-27-19-9-11-20(12-10-19)28-22(26)17-4-3-13-24(15-17)21(25)16-5-7-18(23)8-6-16/h5-12,17H,2-4,13-15H2,1H3. The fourth-order valence-electron chi connectivity index (χ4n) is 3.15. The first-order valence-corrected chi connectivity index (χ1v) is 9.94. The number of carbonyl (C=O) groups excluding carboxylic acids is 2. The number of ether oxygens (including phenoxy) is 2. The Kier molecular flexibility index (Phi) is 6.93. The molecule has 1 unspecified atom stereocenters. The molecule has 1 amide bonds. The maximum atomic E-state index is 12.7. The molecule has 1 aliphatic heterocycles. The second-order valence-electron chi connectivity index (χ2n) is 6.84. The third kappa shape index (κ3) is 5.26. The van der Waals surface area contributed by atoms with Gasteiger partial charge in [-0.25, -0.2) is 0 Å². The van der Waals surface area contributed by atoms with Crippen LogP contribution in [0.3, 0.4) is 0 Å². The van der Waals surface area contributed by atoms with Gasteiger partial charge < -0.3 is 14.4 Å². The molecule has 2 aromatic rings. The van der Waals surface area contributed by atoms with Crippen LogP contribution in [0, 0.1) is 5.92 Å². The van der Waals surface area contributed by atoms with Gasteiger partial charge in [0, 0.05) is 23.7 Å². The van der Waals surface area contributed by atoms with Crippen molar-refractivity contribution in [3.8, 4) is 11.5 Å². The minimum atomic E-state index is -0.332. The maximum absolute atomic E-state index is 12.7. The molecule has 148 valence electrons. The van der Waals surface area contributed by atoms with Crippen LogP contribution in [0.25, 0.3) is 0 Å². The fourth-order valence-corrected chi connectivity index (χ4v) is 3.28. The molecule has 1 aliphatic rings. The third-order valence-corrected chi connectivity index (χ3v) is 4.90. The number of likely N-dealkylation sites (tertiary alicyclic amines) is 1. The Morgan fingerprint density at radius 3 is 2.43 bits per heavy atom. The Balaban J connectivity index is 1.58. The SMILES string of the molecule is CCCOc1ccc(OC(=O)C2CCCN(C(=O)c3ccc(Cl)cc3)C2)cc1. The van der Waals surface area contributed by atoms with Crippen molar-refractivity contribution >= 4 is 23.5 Å². The summed E-state index contributed by atoms with van der Waals surface area (Å²) in [7, 11) is 0. The summed E-state index contributed by atoms with van der Waals surface area (Å²) in [5.41, 5.74) is 0.570. The Hall–Kier alpha value is -2.53. The lowest BCUT2D eigenvalue weighted by Crippen LogP contribution is -2.43. The molecule has 0 aliphatic carbocycles. The van der Waals surface area contributed by atoms with Crippen LogP contribution < -0.4 is 9.47 Å². The summed E-state index contributed by atoms with van der Waals surface area (Å²) in [4.78, 5) is 27.0. The van der Waals surface area contributed by atoms with E-state index in [1.807, 2.05) is 6.92 Å². The molecule has 0 radical (unpaired) electrons. The van der Waals surface area contributed by atoms with Crippen molar-refractivity contribution < 1.29 is 19.1 Å². The molecule has 28 heavy (non-hydrogen) atoms. The zero-order chi connectivity index (χ0) is 19.9. The fraction of sp³-hybridized carbons (Fsp3) is 0.364. The molecule has 1 heterocycles. The van der Waals surface area contributed by atoms with E-state index < -0.39 is 0 Å². The molecule has 6 heteroatoms. The minimum absolute atomic E-state index is 0.0911. The lowest BCUT2D eigenvalue weighted by Gasteiger charge is -2.31. The first-order valence-electron chi connectivity index (χ1n) is 9.56. The van der Waals surface area contributed by atoms with Crippen LogP contribution in [0.1, 0.15) is 36.5 Å². The Labute approximate surface area is 170 Å². The van der Waals surface area contributed by atoms with E-state index in [9.17, 15) is 9.59 Å². The van der Waals surface area contributed by atoms with Gasteiger partial charge in [-0.2, -0.15) is 0 Å². The zero-order valence-electron chi connectivity index (χ0n) is 15.9. The van der Waals surface area contributed by atoms with Crippen molar-refractivity contribution in [1.82, 2.24) is 4.90 Å². The van der Waals surface area contributed by atoms with Crippen LogP contribution in [0.15, 0.2) is 48.5 Å². The molecule has 1 fully saturated rings. The highest BCUT2D eigenvalue weighted by Crippen LogP contribution is 2.23. The topological polar surface area (TPSA) is 55.8 Å².